The first-order valence-electron chi connectivity index (χ1n) is 8.15. The van der Waals surface area contributed by atoms with Crippen molar-refractivity contribution in [3.8, 4) is 28.7 Å². The van der Waals surface area contributed by atoms with Crippen molar-refractivity contribution >= 4 is 0 Å². The molecule has 0 heterocycles. The second-order valence-electron chi connectivity index (χ2n) is 6.01. The van der Waals surface area contributed by atoms with Crippen LogP contribution in [0.5, 0.6) is 28.7 Å². The summed E-state index contributed by atoms with van der Waals surface area (Å²) in [6.07, 6.45) is 0.387. The summed E-state index contributed by atoms with van der Waals surface area (Å²) >= 11 is 0. The molecular weight excluding hydrogens is 332 g/mol. The quantitative estimate of drug-likeness (QED) is 0.562. The summed E-state index contributed by atoms with van der Waals surface area (Å²) in [5.74, 6) is 0.287. The minimum Gasteiger partial charge on any atom is -0.508 e. The van der Waals surface area contributed by atoms with Gasteiger partial charge in [0.15, 0.2) is 0 Å². The van der Waals surface area contributed by atoms with Gasteiger partial charge in [0.05, 0.1) is 7.11 Å². The molecule has 0 saturated carbocycles. The van der Waals surface area contributed by atoms with Crippen LogP contribution in [0.1, 0.15) is 22.3 Å². The maximum absolute atomic E-state index is 10.8. The van der Waals surface area contributed by atoms with Gasteiger partial charge >= 0.3 is 0 Å². The molecule has 0 unspecified atom stereocenters. The number of phenolic OH excluding ortho intramolecular Hbond substituents is 4. The molecule has 0 saturated heterocycles. The maximum Gasteiger partial charge on any atom is 0.130 e. The van der Waals surface area contributed by atoms with E-state index in [-0.39, 0.29) is 41.4 Å². The van der Waals surface area contributed by atoms with Crippen molar-refractivity contribution in [3.63, 3.8) is 0 Å². The molecule has 0 aliphatic heterocycles. The molecule has 0 radical (unpaired) electrons. The fourth-order valence-electron chi connectivity index (χ4n) is 2.95. The van der Waals surface area contributed by atoms with E-state index in [1.165, 1.54) is 13.2 Å². The van der Waals surface area contributed by atoms with Crippen molar-refractivity contribution in [2.75, 3.05) is 7.11 Å². The molecule has 26 heavy (non-hydrogen) atoms. The van der Waals surface area contributed by atoms with E-state index in [1.807, 2.05) is 0 Å². The molecule has 5 nitrogen and oxygen atoms in total. The molecule has 0 amide bonds. The van der Waals surface area contributed by atoms with E-state index < -0.39 is 0 Å². The average Bonchev–Trinajstić information content (AvgIpc) is 2.63. The summed E-state index contributed by atoms with van der Waals surface area (Å²) in [4.78, 5) is 0. The Morgan fingerprint density at radius 2 is 1.19 bits per heavy atom. The van der Waals surface area contributed by atoms with Gasteiger partial charge in [0.2, 0.25) is 0 Å². The Bertz CT molecular complexity index is 934. The summed E-state index contributed by atoms with van der Waals surface area (Å²) < 4.78 is 5.30. The predicted molar refractivity (Wildman–Crippen MR) is 98.1 cm³/mol. The van der Waals surface area contributed by atoms with Gasteiger partial charge in [-0.05, 0) is 23.3 Å². The highest BCUT2D eigenvalue weighted by Crippen LogP contribution is 2.41. The van der Waals surface area contributed by atoms with Crippen LogP contribution in [0.3, 0.4) is 0 Å². The van der Waals surface area contributed by atoms with E-state index in [1.54, 1.807) is 48.5 Å². The number of methoxy groups -OCH3 is 1. The van der Waals surface area contributed by atoms with Crippen LogP contribution in [-0.2, 0) is 12.8 Å². The Labute approximate surface area is 151 Å². The number of para-hydroxylation sites is 2. The zero-order valence-electron chi connectivity index (χ0n) is 14.3. The molecule has 0 bridgehead atoms. The van der Waals surface area contributed by atoms with Gasteiger partial charge in [-0.15, -0.1) is 0 Å². The van der Waals surface area contributed by atoms with Gasteiger partial charge in [-0.25, -0.2) is 0 Å². The Morgan fingerprint density at radius 1 is 0.692 bits per heavy atom. The minimum absolute atomic E-state index is 0.0874. The van der Waals surface area contributed by atoms with Crippen LogP contribution in [0.15, 0.2) is 54.6 Å². The minimum atomic E-state index is -0.122. The molecule has 0 aromatic heterocycles. The van der Waals surface area contributed by atoms with E-state index in [0.29, 0.717) is 22.4 Å². The summed E-state index contributed by atoms with van der Waals surface area (Å²) in [6, 6.07) is 15.0. The number of hydrogen-bond acceptors (Lipinski definition) is 5. The molecule has 0 aliphatic carbocycles. The first-order chi connectivity index (χ1) is 12.5. The first-order valence-corrected chi connectivity index (χ1v) is 8.15. The second-order valence-corrected chi connectivity index (χ2v) is 6.01. The zero-order chi connectivity index (χ0) is 18.7. The highest BCUT2D eigenvalue weighted by atomic mass is 16.5. The third kappa shape index (κ3) is 3.37. The van der Waals surface area contributed by atoms with Crippen molar-refractivity contribution in [1.82, 2.24) is 0 Å². The lowest BCUT2D eigenvalue weighted by Gasteiger charge is -2.17. The number of rotatable bonds is 5. The van der Waals surface area contributed by atoms with Crippen LogP contribution in [0.4, 0.5) is 0 Å². The smallest absolute Gasteiger partial charge is 0.130 e. The molecule has 3 aromatic carbocycles. The lowest BCUT2D eigenvalue weighted by molar-refractivity contribution is 0.387. The number of aromatic hydroxyl groups is 4. The second kappa shape index (κ2) is 7.27. The van der Waals surface area contributed by atoms with Gasteiger partial charge < -0.3 is 25.2 Å². The fourth-order valence-corrected chi connectivity index (χ4v) is 2.95. The van der Waals surface area contributed by atoms with Gasteiger partial charge in [-0.3, -0.25) is 0 Å². The number of hydrogen-bond donors (Lipinski definition) is 4. The Kier molecular flexibility index (Phi) is 4.89. The molecule has 3 rings (SSSR count). The van der Waals surface area contributed by atoms with Gasteiger partial charge in [0.1, 0.15) is 28.7 Å². The van der Waals surface area contributed by atoms with Crippen molar-refractivity contribution in [3.05, 3.63) is 76.9 Å². The number of phenols is 4. The van der Waals surface area contributed by atoms with Crippen LogP contribution >= 0.6 is 0 Å². The molecule has 134 valence electrons. The van der Waals surface area contributed by atoms with Crippen molar-refractivity contribution in [1.29, 1.82) is 0 Å². The predicted octanol–water partition coefficient (Wildman–Crippen LogP) is 3.70. The average molecular weight is 352 g/mol. The molecule has 0 aliphatic rings. The largest absolute Gasteiger partial charge is 0.508 e. The van der Waals surface area contributed by atoms with E-state index in [9.17, 15) is 20.4 Å². The third-order valence-electron chi connectivity index (χ3n) is 4.38. The SMILES string of the molecule is COc1cc(O)c(Cc2ccccc2O)c(O)c1Cc1ccccc1O. The number of ether oxygens (including phenoxy) is 1. The lowest BCUT2D eigenvalue weighted by atomic mass is 9.95. The van der Waals surface area contributed by atoms with Crippen molar-refractivity contribution < 1.29 is 25.2 Å². The van der Waals surface area contributed by atoms with Gasteiger partial charge in [0, 0.05) is 30.0 Å². The Hall–Kier alpha value is -3.34. The normalized spacial score (nSPS) is 10.7. The first kappa shape index (κ1) is 17.5. The lowest BCUT2D eigenvalue weighted by Crippen LogP contribution is -2.00. The zero-order valence-corrected chi connectivity index (χ0v) is 14.3. The molecule has 5 heteroatoms. The van der Waals surface area contributed by atoms with Crippen LogP contribution in [0, 0.1) is 0 Å². The molecule has 0 fully saturated rings. The maximum atomic E-state index is 10.8. The van der Waals surface area contributed by atoms with Crippen molar-refractivity contribution in [2.24, 2.45) is 0 Å². The van der Waals surface area contributed by atoms with Crippen LogP contribution in [-0.4, -0.2) is 27.5 Å². The van der Waals surface area contributed by atoms with Gasteiger partial charge in [0.25, 0.3) is 0 Å². The van der Waals surface area contributed by atoms with Crippen LogP contribution in [0.25, 0.3) is 0 Å². The van der Waals surface area contributed by atoms with Crippen LogP contribution < -0.4 is 4.74 Å². The van der Waals surface area contributed by atoms with Gasteiger partial charge in [-0.2, -0.15) is 0 Å². The summed E-state index contributed by atoms with van der Waals surface area (Å²) in [7, 11) is 1.45. The van der Waals surface area contributed by atoms with E-state index in [0.717, 1.165) is 0 Å². The number of benzene rings is 3. The standard InChI is InChI=1S/C21H20O5/c1-26-20-12-19(24)15(10-13-6-2-4-8-17(13)22)21(25)16(20)11-14-7-3-5-9-18(14)23/h2-9,12,22-25H,10-11H2,1H3. The van der Waals surface area contributed by atoms with E-state index in [4.69, 9.17) is 4.74 Å². The Balaban J connectivity index is 2.07. The monoisotopic (exact) mass is 352 g/mol. The summed E-state index contributed by atoms with van der Waals surface area (Å²) in [5, 5.41) is 41.1. The molecule has 3 aromatic rings. The van der Waals surface area contributed by atoms with E-state index >= 15 is 0 Å². The molecule has 0 atom stereocenters. The van der Waals surface area contributed by atoms with Gasteiger partial charge in [-0.1, -0.05) is 36.4 Å². The van der Waals surface area contributed by atoms with Crippen molar-refractivity contribution in [2.45, 2.75) is 12.8 Å². The fraction of sp³-hybridized carbons (Fsp3) is 0.143. The highest BCUT2D eigenvalue weighted by Gasteiger charge is 2.20. The van der Waals surface area contributed by atoms with Crippen LogP contribution in [0.2, 0.25) is 0 Å². The Morgan fingerprint density at radius 3 is 1.69 bits per heavy atom. The highest BCUT2D eigenvalue weighted by molar-refractivity contribution is 5.59. The third-order valence-corrected chi connectivity index (χ3v) is 4.38. The molecular formula is C21H20O5. The molecule has 4 N–H and O–H groups in total. The van der Waals surface area contributed by atoms with E-state index in [2.05, 4.69) is 0 Å². The summed E-state index contributed by atoms with van der Waals surface area (Å²) in [6.45, 7) is 0. The summed E-state index contributed by atoms with van der Waals surface area (Å²) in [5.41, 5.74) is 1.95. The molecule has 0 spiro atoms. The topological polar surface area (TPSA) is 90.2 Å².